The van der Waals surface area contributed by atoms with Crippen LogP contribution in [-0.4, -0.2) is 10.2 Å². The molecule has 21 heavy (non-hydrogen) atoms. The quantitative estimate of drug-likeness (QED) is 0.719. The van der Waals surface area contributed by atoms with E-state index in [4.69, 9.17) is 4.42 Å². The number of rotatable bonds is 4. The Morgan fingerprint density at radius 1 is 0.952 bits per heavy atom. The van der Waals surface area contributed by atoms with E-state index in [1.54, 1.807) is 24.3 Å². The molecule has 0 aliphatic carbocycles. The van der Waals surface area contributed by atoms with Crippen LogP contribution in [0.3, 0.4) is 0 Å². The van der Waals surface area contributed by atoms with Gasteiger partial charge in [-0.3, -0.25) is 0 Å². The molecular weight excluding hydrogens is 264 g/mol. The first-order valence-corrected chi connectivity index (χ1v) is 7.23. The van der Waals surface area contributed by atoms with Gasteiger partial charge in [0.25, 0.3) is 0 Å². The standard InChI is InChI=1S/C18H18O3/c1-2-3-4-16-15-10-9-14(20)11-17(15)21-18(16)12-5-7-13(19)8-6-12/h5-11,19-20H,2-4H2,1H3. The van der Waals surface area contributed by atoms with Crippen molar-refractivity contribution in [1.82, 2.24) is 0 Å². The van der Waals surface area contributed by atoms with Crippen LogP contribution in [0.25, 0.3) is 22.3 Å². The second-order valence-corrected chi connectivity index (χ2v) is 5.24. The highest BCUT2D eigenvalue weighted by Crippen LogP contribution is 2.36. The average Bonchev–Trinajstić information content (AvgIpc) is 2.83. The summed E-state index contributed by atoms with van der Waals surface area (Å²) in [6, 6.07) is 12.3. The van der Waals surface area contributed by atoms with Crippen LogP contribution in [0.15, 0.2) is 46.9 Å². The highest BCUT2D eigenvalue weighted by Gasteiger charge is 2.15. The van der Waals surface area contributed by atoms with Crippen molar-refractivity contribution in [2.24, 2.45) is 0 Å². The second-order valence-electron chi connectivity index (χ2n) is 5.24. The summed E-state index contributed by atoms with van der Waals surface area (Å²) >= 11 is 0. The summed E-state index contributed by atoms with van der Waals surface area (Å²) in [6.45, 7) is 2.16. The van der Waals surface area contributed by atoms with Gasteiger partial charge in [-0.15, -0.1) is 0 Å². The molecule has 0 spiro atoms. The Balaban J connectivity index is 2.17. The molecule has 0 atom stereocenters. The Kier molecular flexibility index (Phi) is 3.57. The molecule has 3 aromatic rings. The first kappa shape index (κ1) is 13.6. The number of phenols is 2. The van der Waals surface area contributed by atoms with E-state index < -0.39 is 0 Å². The summed E-state index contributed by atoms with van der Waals surface area (Å²) in [5.41, 5.74) is 2.80. The molecule has 2 aromatic carbocycles. The van der Waals surface area contributed by atoms with Crippen LogP contribution in [0.5, 0.6) is 11.5 Å². The van der Waals surface area contributed by atoms with Crippen molar-refractivity contribution < 1.29 is 14.6 Å². The summed E-state index contributed by atoms with van der Waals surface area (Å²) in [6.07, 6.45) is 3.13. The average molecular weight is 282 g/mol. The van der Waals surface area contributed by atoms with Crippen LogP contribution in [0.1, 0.15) is 25.3 Å². The molecule has 0 saturated carbocycles. The van der Waals surface area contributed by atoms with E-state index in [1.807, 2.05) is 18.2 Å². The highest BCUT2D eigenvalue weighted by molar-refractivity contribution is 5.88. The van der Waals surface area contributed by atoms with Crippen LogP contribution >= 0.6 is 0 Å². The van der Waals surface area contributed by atoms with E-state index in [0.717, 1.165) is 41.5 Å². The van der Waals surface area contributed by atoms with Crippen molar-refractivity contribution in [1.29, 1.82) is 0 Å². The lowest BCUT2D eigenvalue weighted by Gasteiger charge is -2.03. The Morgan fingerprint density at radius 2 is 1.67 bits per heavy atom. The molecule has 0 saturated heterocycles. The Labute approximate surface area is 123 Å². The minimum Gasteiger partial charge on any atom is -0.508 e. The second kappa shape index (κ2) is 5.52. The zero-order chi connectivity index (χ0) is 14.8. The van der Waals surface area contributed by atoms with E-state index in [2.05, 4.69) is 6.92 Å². The third-order valence-electron chi connectivity index (χ3n) is 3.69. The maximum absolute atomic E-state index is 9.62. The smallest absolute Gasteiger partial charge is 0.138 e. The third-order valence-corrected chi connectivity index (χ3v) is 3.69. The van der Waals surface area contributed by atoms with Crippen LogP contribution in [0, 0.1) is 0 Å². The fraction of sp³-hybridized carbons (Fsp3) is 0.222. The van der Waals surface area contributed by atoms with Gasteiger partial charge in [0.1, 0.15) is 22.8 Å². The first-order chi connectivity index (χ1) is 10.2. The summed E-state index contributed by atoms with van der Waals surface area (Å²) in [7, 11) is 0. The largest absolute Gasteiger partial charge is 0.508 e. The maximum Gasteiger partial charge on any atom is 0.138 e. The van der Waals surface area contributed by atoms with E-state index in [0.29, 0.717) is 5.58 Å². The minimum atomic E-state index is 0.204. The molecule has 3 rings (SSSR count). The Morgan fingerprint density at radius 3 is 2.38 bits per heavy atom. The van der Waals surface area contributed by atoms with Crippen molar-refractivity contribution in [2.45, 2.75) is 26.2 Å². The van der Waals surface area contributed by atoms with E-state index >= 15 is 0 Å². The van der Waals surface area contributed by atoms with E-state index in [9.17, 15) is 10.2 Å². The number of benzene rings is 2. The van der Waals surface area contributed by atoms with Gasteiger partial charge < -0.3 is 14.6 Å². The van der Waals surface area contributed by atoms with Crippen LogP contribution < -0.4 is 0 Å². The SMILES string of the molecule is CCCCc1c(-c2ccc(O)cc2)oc2cc(O)ccc12. The van der Waals surface area contributed by atoms with E-state index in [-0.39, 0.29) is 11.5 Å². The molecule has 0 aliphatic heterocycles. The monoisotopic (exact) mass is 282 g/mol. The molecule has 0 aliphatic rings. The fourth-order valence-electron chi connectivity index (χ4n) is 2.59. The highest BCUT2D eigenvalue weighted by atomic mass is 16.3. The van der Waals surface area contributed by atoms with Gasteiger partial charge in [-0.2, -0.15) is 0 Å². The molecular formula is C18H18O3. The van der Waals surface area contributed by atoms with Gasteiger partial charge in [0.2, 0.25) is 0 Å². The van der Waals surface area contributed by atoms with Gasteiger partial charge in [-0.1, -0.05) is 13.3 Å². The number of furan rings is 1. The van der Waals surface area contributed by atoms with Crippen molar-refractivity contribution in [2.75, 3.05) is 0 Å². The lowest BCUT2D eigenvalue weighted by Crippen LogP contribution is -1.86. The van der Waals surface area contributed by atoms with Gasteiger partial charge in [0, 0.05) is 22.6 Å². The van der Waals surface area contributed by atoms with Crippen molar-refractivity contribution in [3.05, 3.63) is 48.0 Å². The van der Waals surface area contributed by atoms with E-state index in [1.165, 1.54) is 0 Å². The van der Waals surface area contributed by atoms with Gasteiger partial charge in [-0.25, -0.2) is 0 Å². The molecule has 0 radical (unpaired) electrons. The molecule has 0 unspecified atom stereocenters. The lowest BCUT2D eigenvalue weighted by molar-refractivity contribution is 0.474. The summed E-state index contributed by atoms with van der Waals surface area (Å²) in [5, 5.41) is 20.1. The fourth-order valence-corrected chi connectivity index (χ4v) is 2.59. The van der Waals surface area contributed by atoms with Crippen LogP contribution in [-0.2, 0) is 6.42 Å². The zero-order valence-corrected chi connectivity index (χ0v) is 12.0. The Hall–Kier alpha value is -2.42. The molecule has 0 amide bonds. The maximum atomic E-state index is 9.62. The lowest BCUT2D eigenvalue weighted by atomic mass is 10.0. The third kappa shape index (κ3) is 2.59. The number of unbranched alkanes of at least 4 members (excludes halogenated alkanes) is 1. The number of hydrogen-bond donors (Lipinski definition) is 2. The van der Waals surface area contributed by atoms with Gasteiger partial charge in [-0.05, 0) is 49.2 Å². The van der Waals surface area contributed by atoms with Gasteiger partial charge >= 0.3 is 0 Å². The number of aromatic hydroxyl groups is 2. The summed E-state index contributed by atoms with van der Waals surface area (Å²) in [5.74, 6) is 1.27. The number of phenolic OH excluding ortho intramolecular Hbond substituents is 2. The predicted molar refractivity (Wildman–Crippen MR) is 83.6 cm³/mol. The van der Waals surface area contributed by atoms with Crippen molar-refractivity contribution >= 4 is 11.0 Å². The number of fused-ring (bicyclic) bond motifs is 1. The molecule has 0 fully saturated rings. The Bertz CT molecular complexity index is 754. The molecule has 1 aromatic heterocycles. The molecule has 3 nitrogen and oxygen atoms in total. The summed E-state index contributed by atoms with van der Waals surface area (Å²) < 4.78 is 5.96. The zero-order valence-electron chi connectivity index (χ0n) is 12.0. The normalized spacial score (nSPS) is 11.1. The molecule has 108 valence electrons. The minimum absolute atomic E-state index is 0.204. The first-order valence-electron chi connectivity index (χ1n) is 7.23. The van der Waals surface area contributed by atoms with Crippen LogP contribution in [0.4, 0.5) is 0 Å². The summed E-state index contributed by atoms with van der Waals surface area (Å²) in [4.78, 5) is 0. The van der Waals surface area contributed by atoms with Crippen LogP contribution in [0.2, 0.25) is 0 Å². The molecule has 2 N–H and O–H groups in total. The molecule has 0 bridgehead atoms. The molecule has 3 heteroatoms. The number of hydrogen-bond acceptors (Lipinski definition) is 3. The molecule has 1 heterocycles. The van der Waals surface area contributed by atoms with Gasteiger partial charge in [0.15, 0.2) is 0 Å². The topological polar surface area (TPSA) is 53.6 Å². The van der Waals surface area contributed by atoms with Crippen molar-refractivity contribution in [3.63, 3.8) is 0 Å². The predicted octanol–water partition coefficient (Wildman–Crippen LogP) is 4.85. The van der Waals surface area contributed by atoms with Crippen molar-refractivity contribution in [3.8, 4) is 22.8 Å². The van der Waals surface area contributed by atoms with Gasteiger partial charge in [0.05, 0.1) is 0 Å². The number of aryl methyl sites for hydroxylation is 1.